The molecule has 1 aliphatic carbocycles. The number of carboxylic acid groups (broad SMARTS) is 1. The molecule has 98 valence electrons. The van der Waals surface area contributed by atoms with Crippen molar-refractivity contribution in [1.29, 1.82) is 0 Å². The van der Waals surface area contributed by atoms with Crippen molar-refractivity contribution < 1.29 is 9.90 Å². The lowest BCUT2D eigenvalue weighted by Crippen LogP contribution is -2.37. The molecule has 0 atom stereocenters. The summed E-state index contributed by atoms with van der Waals surface area (Å²) in [5.41, 5.74) is 1.12. The van der Waals surface area contributed by atoms with Crippen LogP contribution in [0.15, 0.2) is 18.5 Å². The smallest absolute Gasteiger partial charge is 0.339 e. The minimum Gasteiger partial charge on any atom is -0.478 e. The summed E-state index contributed by atoms with van der Waals surface area (Å²) in [7, 11) is 0. The van der Waals surface area contributed by atoms with E-state index < -0.39 is 5.97 Å². The van der Waals surface area contributed by atoms with E-state index in [-0.39, 0.29) is 0 Å². The van der Waals surface area contributed by atoms with Gasteiger partial charge in [0.25, 0.3) is 0 Å². The number of anilines is 1. The Morgan fingerprint density at radius 1 is 1.44 bits per heavy atom. The number of rotatable bonds is 4. The van der Waals surface area contributed by atoms with E-state index in [1.165, 1.54) is 25.5 Å². The van der Waals surface area contributed by atoms with Gasteiger partial charge in [-0.2, -0.15) is 0 Å². The van der Waals surface area contributed by atoms with Gasteiger partial charge >= 0.3 is 5.97 Å². The first-order chi connectivity index (χ1) is 8.74. The van der Waals surface area contributed by atoms with Crippen LogP contribution in [0.4, 0.5) is 5.69 Å². The fraction of sp³-hybridized carbons (Fsp3) is 0.571. The number of hydrogen-bond acceptors (Lipinski definition) is 3. The number of carboxylic acids is 1. The van der Waals surface area contributed by atoms with Crippen LogP contribution < -0.4 is 4.90 Å². The van der Waals surface area contributed by atoms with E-state index in [0.717, 1.165) is 25.1 Å². The van der Waals surface area contributed by atoms with E-state index in [1.807, 2.05) is 6.07 Å². The monoisotopic (exact) mass is 248 g/mol. The second-order valence-electron chi connectivity index (χ2n) is 4.78. The molecule has 0 aromatic carbocycles. The Morgan fingerprint density at radius 3 is 2.78 bits per heavy atom. The van der Waals surface area contributed by atoms with Crippen molar-refractivity contribution in [2.75, 3.05) is 11.4 Å². The summed E-state index contributed by atoms with van der Waals surface area (Å²) >= 11 is 0. The van der Waals surface area contributed by atoms with Crippen molar-refractivity contribution in [2.24, 2.45) is 0 Å². The largest absolute Gasteiger partial charge is 0.478 e. The van der Waals surface area contributed by atoms with Gasteiger partial charge in [0.1, 0.15) is 5.56 Å². The summed E-state index contributed by atoms with van der Waals surface area (Å²) in [6, 6.07) is 2.30. The van der Waals surface area contributed by atoms with Gasteiger partial charge in [-0.1, -0.05) is 19.3 Å². The predicted octanol–water partition coefficient (Wildman–Crippen LogP) is 2.94. The lowest BCUT2D eigenvalue weighted by Gasteiger charge is -2.36. The molecule has 2 rings (SSSR count). The maximum atomic E-state index is 11.3. The van der Waals surface area contributed by atoms with Crippen molar-refractivity contribution in [3.63, 3.8) is 0 Å². The second-order valence-corrected chi connectivity index (χ2v) is 4.78. The standard InChI is InChI=1S/C14H20N2O2/c1-2-16(11-6-4-3-5-7-11)13-8-9-15-10-12(13)14(17)18/h8-11H,2-7H2,1H3,(H,17,18). The van der Waals surface area contributed by atoms with Crippen molar-refractivity contribution >= 4 is 11.7 Å². The molecule has 1 fully saturated rings. The molecule has 0 spiro atoms. The molecule has 0 amide bonds. The maximum Gasteiger partial charge on any atom is 0.339 e. The average molecular weight is 248 g/mol. The number of hydrogen-bond donors (Lipinski definition) is 1. The van der Waals surface area contributed by atoms with Gasteiger partial charge in [-0.25, -0.2) is 4.79 Å². The SMILES string of the molecule is CCN(c1ccncc1C(=O)O)C1CCCCC1. The number of pyridine rings is 1. The van der Waals surface area contributed by atoms with E-state index in [4.69, 9.17) is 0 Å². The predicted molar refractivity (Wildman–Crippen MR) is 71.1 cm³/mol. The molecule has 1 heterocycles. The highest BCUT2D eigenvalue weighted by atomic mass is 16.4. The Morgan fingerprint density at radius 2 is 2.17 bits per heavy atom. The molecular weight excluding hydrogens is 228 g/mol. The normalized spacial score (nSPS) is 16.5. The molecule has 0 aliphatic heterocycles. The average Bonchev–Trinajstić information content (AvgIpc) is 2.41. The van der Waals surface area contributed by atoms with Crippen LogP contribution >= 0.6 is 0 Å². The van der Waals surface area contributed by atoms with Crippen LogP contribution in [-0.4, -0.2) is 28.6 Å². The third-order valence-electron chi connectivity index (χ3n) is 3.69. The van der Waals surface area contributed by atoms with Crippen molar-refractivity contribution in [3.8, 4) is 0 Å². The summed E-state index contributed by atoms with van der Waals surface area (Å²) in [4.78, 5) is 17.4. The first-order valence-electron chi connectivity index (χ1n) is 6.68. The summed E-state index contributed by atoms with van der Waals surface area (Å²) in [6.45, 7) is 2.93. The van der Waals surface area contributed by atoms with Gasteiger partial charge in [0, 0.05) is 25.0 Å². The van der Waals surface area contributed by atoms with E-state index in [2.05, 4.69) is 16.8 Å². The van der Waals surface area contributed by atoms with Gasteiger partial charge in [0.15, 0.2) is 0 Å². The van der Waals surface area contributed by atoms with E-state index >= 15 is 0 Å². The zero-order valence-electron chi connectivity index (χ0n) is 10.8. The topological polar surface area (TPSA) is 53.4 Å². The van der Waals surface area contributed by atoms with Crippen molar-refractivity contribution in [3.05, 3.63) is 24.0 Å². The van der Waals surface area contributed by atoms with Gasteiger partial charge in [-0.15, -0.1) is 0 Å². The highest BCUT2D eigenvalue weighted by Gasteiger charge is 2.23. The summed E-state index contributed by atoms with van der Waals surface area (Å²) in [6.07, 6.45) is 9.24. The molecule has 0 bridgehead atoms. The van der Waals surface area contributed by atoms with Crippen molar-refractivity contribution in [1.82, 2.24) is 4.98 Å². The molecule has 0 saturated heterocycles. The Hall–Kier alpha value is -1.58. The maximum absolute atomic E-state index is 11.3. The van der Waals surface area contributed by atoms with Crippen LogP contribution in [0.1, 0.15) is 49.4 Å². The van der Waals surface area contributed by atoms with Gasteiger partial charge in [-0.3, -0.25) is 4.98 Å². The Bertz CT molecular complexity index is 414. The van der Waals surface area contributed by atoms with Gasteiger partial charge in [-0.05, 0) is 25.8 Å². The van der Waals surface area contributed by atoms with Gasteiger partial charge in [0.05, 0.1) is 5.69 Å². The molecule has 4 nitrogen and oxygen atoms in total. The van der Waals surface area contributed by atoms with Crippen LogP contribution in [0.2, 0.25) is 0 Å². The van der Waals surface area contributed by atoms with Gasteiger partial charge in [0.2, 0.25) is 0 Å². The molecule has 0 radical (unpaired) electrons. The Balaban J connectivity index is 2.28. The Kier molecular flexibility index (Phi) is 4.18. The molecular formula is C14H20N2O2. The number of carbonyl (C=O) groups is 1. The Labute approximate surface area is 108 Å². The lowest BCUT2D eigenvalue weighted by molar-refractivity contribution is 0.0697. The molecule has 4 heteroatoms. The number of nitrogens with zero attached hydrogens (tertiary/aromatic N) is 2. The van der Waals surface area contributed by atoms with Crippen molar-refractivity contribution in [2.45, 2.75) is 45.1 Å². The number of aromatic nitrogens is 1. The summed E-state index contributed by atoms with van der Waals surface area (Å²) < 4.78 is 0. The molecule has 1 saturated carbocycles. The second kappa shape index (κ2) is 5.85. The zero-order valence-corrected chi connectivity index (χ0v) is 10.8. The lowest BCUT2D eigenvalue weighted by atomic mass is 9.93. The highest BCUT2D eigenvalue weighted by molar-refractivity contribution is 5.94. The minimum atomic E-state index is -0.896. The third-order valence-corrected chi connectivity index (χ3v) is 3.69. The summed E-state index contributed by atoms with van der Waals surface area (Å²) in [5.74, 6) is -0.896. The first kappa shape index (κ1) is 12.9. The molecule has 1 aliphatic rings. The van der Waals surface area contributed by atoms with Gasteiger partial charge < -0.3 is 10.0 Å². The quantitative estimate of drug-likeness (QED) is 0.890. The third kappa shape index (κ3) is 2.63. The fourth-order valence-electron chi connectivity index (χ4n) is 2.82. The molecule has 0 unspecified atom stereocenters. The van der Waals surface area contributed by atoms with Crippen LogP contribution in [0.25, 0.3) is 0 Å². The molecule has 18 heavy (non-hydrogen) atoms. The zero-order chi connectivity index (χ0) is 13.0. The minimum absolute atomic E-state index is 0.310. The van der Waals surface area contributed by atoms with E-state index in [0.29, 0.717) is 11.6 Å². The van der Waals surface area contributed by atoms with Crippen LogP contribution in [-0.2, 0) is 0 Å². The van der Waals surface area contributed by atoms with Crippen LogP contribution in [0.3, 0.4) is 0 Å². The van der Waals surface area contributed by atoms with Crippen LogP contribution in [0, 0.1) is 0 Å². The molecule has 1 aromatic rings. The molecule has 1 aromatic heterocycles. The van der Waals surface area contributed by atoms with Crippen LogP contribution in [0.5, 0.6) is 0 Å². The first-order valence-corrected chi connectivity index (χ1v) is 6.68. The number of aromatic carboxylic acids is 1. The van der Waals surface area contributed by atoms with E-state index in [1.54, 1.807) is 6.20 Å². The van der Waals surface area contributed by atoms with E-state index in [9.17, 15) is 9.90 Å². The molecule has 1 N–H and O–H groups in total. The highest BCUT2D eigenvalue weighted by Crippen LogP contribution is 2.29. The fourth-order valence-corrected chi connectivity index (χ4v) is 2.82. The summed E-state index contributed by atoms with van der Waals surface area (Å²) in [5, 5.41) is 9.24.